The van der Waals surface area contributed by atoms with Crippen molar-refractivity contribution in [2.24, 2.45) is 0 Å². The van der Waals surface area contributed by atoms with E-state index in [4.69, 9.17) is 0 Å². The molecule has 2 nitrogen and oxygen atoms in total. The third-order valence-corrected chi connectivity index (χ3v) is 7.42. The molecule has 6 rings (SSSR count). The lowest BCUT2D eigenvalue weighted by Crippen LogP contribution is -2.38. The van der Waals surface area contributed by atoms with Gasteiger partial charge in [0.05, 0.1) is 5.41 Å². The van der Waals surface area contributed by atoms with Crippen molar-refractivity contribution in [3.05, 3.63) is 113 Å². The van der Waals surface area contributed by atoms with Crippen molar-refractivity contribution in [2.45, 2.75) is 15.2 Å². The van der Waals surface area contributed by atoms with Crippen molar-refractivity contribution in [3.8, 4) is 11.1 Å². The summed E-state index contributed by atoms with van der Waals surface area (Å²) in [5.41, 5.74) is 7.44. The minimum Gasteiger partial charge on any atom is -0.423 e. The van der Waals surface area contributed by atoms with Gasteiger partial charge in [-0.05, 0) is 44.9 Å². The van der Waals surface area contributed by atoms with Gasteiger partial charge in [0.1, 0.15) is 0 Å². The van der Waals surface area contributed by atoms with Crippen LogP contribution in [0.2, 0.25) is 0 Å². The Balaban J connectivity index is 1.84. The highest BCUT2D eigenvalue weighted by Gasteiger charge is 2.50. The van der Waals surface area contributed by atoms with E-state index in [-0.39, 0.29) is 0 Å². The molecule has 0 radical (unpaired) electrons. The van der Waals surface area contributed by atoms with Crippen LogP contribution in [0, 0.1) is 0 Å². The summed E-state index contributed by atoms with van der Waals surface area (Å²) >= 11 is 1.63. The first-order valence-corrected chi connectivity index (χ1v) is 10.5. The molecule has 0 atom stereocenters. The van der Waals surface area contributed by atoms with E-state index in [1.807, 2.05) is 12.1 Å². The van der Waals surface area contributed by atoms with Crippen LogP contribution in [0.3, 0.4) is 0 Å². The Morgan fingerprint density at radius 2 is 1.14 bits per heavy atom. The van der Waals surface area contributed by atoms with Crippen LogP contribution in [0.1, 0.15) is 22.3 Å². The summed E-state index contributed by atoms with van der Waals surface area (Å²) in [6.45, 7) is 0. The molecule has 2 aliphatic rings. The highest BCUT2D eigenvalue weighted by Crippen LogP contribution is 2.61. The molecule has 0 saturated heterocycles. The summed E-state index contributed by atoms with van der Waals surface area (Å²) in [5, 5.41) is 20.2. The van der Waals surface area contributed by atoms with Crippen LogP contribution in [0.25, 0.3) is 11.1 Å². The van der Waals surface area contributed by atoms with Gasteiger partial charge in [0.25, 0.3) is 0 Å². The molecule has 0 saturated carbocycles. The first-order valence-electron chi connectivity index (χ1n) is 9.69. The lowest BCUT2D eigenvalue weighted by atomic mass is 9.65. The zero-order valence-electron chi connectivity index (χ0n) is 15.5. The van der Waals surface area contributed by atoms with Crippen LogP contribution in [-0.4, -0.2) is 17.2 Å². The van der Waals surface area contributed by atoms with E-state index in [9.17, 15) is 10.0 Å². The molecular formula is C25H17BO2S. The fourth-order valence-corrected chi connectivity index (χ4v) is 6.42. The number of rotatable bonds is 1. The van der Waals surface area contributed by atoms with E-state index in [2.05, 4.69) is 78.9 Å². The number of hydrogen-bond acceptors (Lipinski definition) is 3. The molecule has 0 unspecified atom stereocenters. The van der Waals surface area contributed by atoms with Crippen molar-refractivity contribution in [3.63, 3.8) is 0 Å². The summed E-state index contributed by atoms with van der Waals surface area (Å²) in [4.78, 5) is 2.09. The fourth-order valence-electron chi connectivity index (χ4n) is 5.10. The fraction of sp³-hybridized carbons (Fsp3) is 0.0400. The normalized spacial score (nSPS) is 14.7. The maximum absolute atomic E-state index is 10.1. The average molecular weight is 392 g/mol. The van der Waals surface area contributed by atoms with Gasteiger partial charge in [-0.1, -0.05) is 96.7 Å². The zero-order chi connectivity index (χ0) is 19.6. The van der Waals surface area contributed by atoms with Gasteiger partial charge in [0.2, 0.25) is 0 Å². The van der Waals surface area contributed by atoms with Gasteiger partial charge < -0.3 is 10.0 Å². The summed E-state index contributed by atoms with van der Waals surface area (Å²) in [6.07, 6.45) is 0. The molecular weight excluding hydrogens is 375 g/mol. The number of hydrogen-bond donors (Lipinski definition) is 2. The molecule has 2 N–H and O–H groups in total. The van der Waals surface area contributed by atoms with E-state index >= 15 is 0 Å². The minimum absolute atomic E-state index is 0.463. The Morgan fingerprint density at radius 1 is 0.586 bits per heavy atom. The van der Waals surface area contributed by atoms with Gasteiger partial charge >= 0.3 is 7.12 Å². The lowest BCUT2D eigenvalue weighted by molar-refractivity contribution is 0.424. The van der Waals surface area contributed by atoms with Gasteiger partial charge in [-0.25, -0.2) is 0 Å². The van der Waals surface area contributed by atoms with Crippen LogP contribution in [-0.2, 0) is 5.41 Å². The smallest absolute Gasteiger partial charge is 0.423 e. The molecule has 1 heterocycles. The second-order valence-corrected chi connectivity index (χ2v) is 8.59. The SMILES string of the molecule is OB(O)c1cccc2c1Sc1ccccc1C21c2ccccc2-c2ccccc21. The molecule has 0 amide bonds. The Labute approximate surface area is 174 Å². The highest BCUT2D eigenvalue weighted by atomic mass is 32.2. The maximum Gasteiger partial charge on any atom is 0.489 e. The Bertz CT molecular complexity index is 1240. The second-order valence-electron chi connectivity index (χ2n) is 7.54. The number of fused-ring (bicyclic) bond motifs is 9. The number of benzene rings is 4. The van der Waals surface area contributed by atoms with Gasteiger partial charge in [-0.2, -0.15) is 0 Å². The van der Waals surface area contributed by atoms with Gasteiger partial charge in [0, 0.05) is 9.79 Å². The van der Waals surface area contributed by atoms with Crippen molar-refractivity contribution >= 4 is 24.3 Å². The standard InChI is InChI=1S/C25H17BO2S/c27-26(28)22-14-7-13-21-24(22)29-23-15-6-5-12-20(23)25(21)18-10-3-1-8-16(18)17-9-2-4-11-19(17)25/h1-15,27-28H. The van der Waals surface area contributed by atoms with Gasteiger partial charge in [0.15, 0.2) is 0 Å². The molecule has 1 aliphatic carbocycles. The zero-order valence-corrected chi connectivity index (χ0v) is 16.4. The van der Waals surface area contributed by atoms with Crippen LogP contribution in [0.4, 0.5) is 0 Å². The monoisotopic (exact) mass is 392 g/mol. The maximum atomic E-state index is 10.1. The quantitative estimate of drug-likeness (QED) is 0.412. The second kappa shape index (κ2) is 6.10. The topological polar surface area (TPSA) is 40.5 Å². The van der Waals surface area contributed by atoms with Crippen molar-refractivity contribution in [1.82, 2.24) is 0 Å². The van der Waals surface area contributed by atoms with E-state index in [1.54, 1.807) is 11.8 Å². The van der Waals surface area contributed by atoms with Crippen LogP contribution < -0.4 is 5.46 Å². The molecule has 138 valence electrons. The van der Waals surface area contributed by atoms with Crippen LogP contribution in [0.5, 0.6) is 0 Å². The van der Waals surface area contributed by atoms with Crippen LogP contribution in [0.15, 0.2) is 101 Å². The van der Waals surface area contributed by atoms with Crippen molar-refractivity contribution < 1.29 is 10.0 Å². The molecule has 4 aromatic rings. The highest BCUT2D eigenvalue weighted by molar-refractivity contribution is 7.99. The average Bonchev–Trinajstić information content (AvgIpc) is 3.05. The predicted molar refractivity (Wildman–Crippen MR) is 118 cm³/mol. The Kier molecular flexibility index (Phi) is 3.60. The Morgan fingerprint density at radius 3 is 1.79 bits per heavy atom. The third-order valence-electron chi connectivity index (χ3n) is 6.18. The Hall–Kier alpha value is -2.79. The first-order chi connectivity index (χ1) is 14.2. The molecule has 1 spiro atoms. The molecule has 29 heavy (non-hydrogen) atoms. The predicted octanol–water partition coefficient (Wildman–Crippen LogP) is 4.19. The molecule has 0 aromatic heterocycles. The summed E-state index contributed by atoms with van der Waals surface area (Å²) in [6, 6.07) is 31.6. The van der Waals surface area contributed by atoms with E-state index in [1.165, 1.54) is 27.8 Å². The van der Waals surface area contributed by atoms with E-state index in [0.717, 1.165) is 15.4 Å². The molecule has 1 aliphatic heterocycles. The van der Waals surface area contributed by atoms with Crippen molar-refractivity contribution in [1.29, 1.82) is 0 Å². The third kappa shape index (κ3) is 2.11. The minimum atomic E-state index is -1.51. The van der Waals surface area contributed by atoms with Gasteiger partial charge in [-0.3, -0.25) is 0 Å². The molecule has 4 heteroatoms. The molecule has 4 aromatic carbocycles. The summed E-state index contributed by atoms with van der Waals surface area (Å²) < 4.78 is 0. The molecule has 0 bridgehead atoms. The largest absolute Gasteiger partial charge is 0.489 e. The lowest BCUT2D eigenvalue weighted by Gasteiger charge is -2.40. The molecule has 0 fully saturated rings. The van der Waals surface area contributed by atoms with Gasteiger partial charge in [-0.15, -0.1) is 0 Å². The summed E-state index contributed by atoms with van der Waals surface area (Å²) in [7, 11) is -1.51. The van der Waals surface area contributed by atoms with E-state index < -0.39 is 12.5 Å². The first kappa shape index (κ1) is 17.1. The summed E-state index contributed by atoms with van der Waals surface area (Å²) in [5.74, 6) is 0. The van der Waals surface area contributed by atoms with Crippen molar-refractivity contribution in [2.75, 3.05) is 0 Å². The van der Waals surface area contributed by atoms with E-state index in [0.29, 0.717) is 5.46 Å². The van der Waals surface area contributed by atoms with Crippen LogP contribution >= 0.6 is 11.8 Å².